The molecule has 2 unspecified atom stereocenters. The van der Waals surface area contributed by atoms with Gasteiger partial charge in [-0.15, -0.1) is 0 Å². The number of amides is 1. The van der Waals surface area contributed by atoms with Crippen molar-refractivity contribution in [1.29, 1.82) is 5.26 Å². The first-order chi connectivity index (χ1) is 8.19. The Bertz CT molecular complexity index is 285. The van der Waals surface area contributed by atoms with Gasteiger partial charge in [-0.3, -0.25) is 9.69 Å². The predicted molar refractivity (Wildman–Crippen MR) is 67.3 cm³/mol. The van der Waals surface area contributed by atoms with Gasteiger partial charge in [-0.2, -0.15) is 5.26 Å². The van der Waals surface area contributed by atoms with Crippen LogP contribution in [0, 0.1) is 17.2 Å². The maximum Gasteiger partial charge on any atom is 0.237 e. The number of hydrogen-bond acceptors (Lipinski definition) is 3. The summed E-state index contributed by atoms with van der Waals surface area (Å²) in [5.41, 5.74) is 0. The Hall–Kier alpha value is -1.08. The largest absolute Gasteiger partial charge is 0.355 e. The summed E-state index contributed by atoms with van der Waals surface area (Å²) in [7, 11) is 0. The van der Waals surface area contributed by atoms with E-state index in [4.69, 9.17) is 5.26 Å². The standard InChI is InChI=1S/C13H23N3O/c1-3-4-7-15-13(17)11(2)16-8-5-6-12(9-14)10-16/h11-12H,3-8,10H2,1-2H3,(H,15,17). The SMILES string of the molecule is CCCCNC(=O)C(C)N1CCCC(C#N)C1. The summed E-state index contributed by atoms with van der Waals surface area (Å²) < 4.78 is 0. The molecule has 0 spiro atoms. The van der Waals surface area contributed by atoms with Gasteiger partial charge >= 0.3 is 0 Å². The first kappa shape index (κ1) is 14.0. The normalized spacial score (nSPS) is 22.8. The lowest BCUT2D eigenvalue weighted by molar-refractivity contribution is -0.126. The Kier molecular flexibility index (Phi) is 5.99. The highest BCUT2D eigenvalue weighted by atomic mass is 16.2. The monoisotopic (exact) mass is 237 g/mol. The van der Waals surface area contributed by atoms with E-state index >= 15 is 0 Å². The van der Waals surface area contributed by atoms with Gasteiger partial charge < -0.3 is 5.32 Å². The molecule has 0 saturated carbocycles. The van der Waals surface area contributed by atoms with Crippen molar-refractivity contribution in [3.8, 4) is 6.07 Å². The van der Waals surface area contributed by atoms with Gasteiger partial charge in [0, 0.05) is 13.1 Å². The quantitative estimate of drug-likeness (QED) is 0.738. The van der Waals surface area contributed by atoms with Crippen LogP contribution < -0.4 is 5.32 Å². The number of carbonyl (C=O) groups is 1. The fourth-order valence-corrected chi connectivity index (χ4v) is 2.17. The number of nitriles is 1. The first-order valence-electron chi connectivity index (χ1n) is 6.60. The van der Waals surface area contributed by atoms with Gasteiger partial charge in [0.05, 0.1) is 18.0 Å². The summed E-state index contributed by atoms with van der Waals surface area (Å²) in [6, 6.07) is 2.20. The highest BCUT2D eigenvalue weighted by molar-refractivity contribution is 5.81. The second-order valence-corrected chi connectivity index (χ2v) is 4.78. The molecular formula is C13H23N3O. The summed E-state index contributed by atoms with van der Waals surface area (Å²) >= 11 is 0. The molecule has 1 rings (SSSR count). The van der Waals surface area contributed by atoms with E-state index in [1.54, 1.807) is 0 Å². The maximum atomic E-state index is 11.9. The first-order valence-corrected chi connectivity index (χ1v) is 6.60. The van der Waals surface area contributed by atoms with E-state index in [9.17, 15) is 4.79 Å². The highest BCUT2D eigenvalue weighted by Gasteiger charge is 2.26. The zero-order valence-electron chi connectivity index (χ0n) is 10.9. The topological polar surface area (TPSA) is 56.1 Å². The van der Waals surface area contributed by atoms with Crippen molar-refractivity contribution in [2.24, 2.45) is 5.92 Å². The summed E-state index contributed by atoms with van der Waals surface area (Å²) in [5, 5.41) is 11.9. The van der Waals surface area contributed by atoms with E-state index in [-0.39, 0.29) is 17.9 Å². The predicted octanol–water partition coefficient (Wildman–Crippen LogP) is 1.53. The van der Waals surface area contributed by atoms with Gasteiger partial charge in [-0.25, -0.2) is 0 Å². The molecule has 0 aliphatic carbocycles. The molecule has 1 saturated heterocycles. The fraction of sp³-hybridized carbons (Fsp3) is 0.846. The zero-order chi connectivity index (χ0) is 12.7. The molecule has 17 heavy (non-hydrogen) atoms. The Balaban J connectivity index is 2.37. The van der Waals surface area contributed by atoms with E-state index in [1.165, 1.54) is 0 Å². The molecule has 0 radical (unpaired) electrons. The molecule has 2 atom stereocenters. The Morgan fingerprint density at radius 3 is 3.06 bits per heavy atom. The third-order valence-corrected chi connectivity index (χ3v) is 3.39. The number of hydrogen-bond donors (Lipinski definition) is 1. The molecule has 1 fully saturated rings. The molecule has 1 aliphatic heterocycles. The number of carbonyl (C=O) groups excluding carboxylic acids is 1. The second kappa shape index (κ2) is 7.29. The Morgan fingerprint density at radius 1 is 1.65 bits per heavy atom. The van der Waals surface area contributed by atoms with Crippen LogP contribution in [0.3, 0.4) is 0 Å². The van der Waals surface area contributed by atoms with Crippen molar-refractivity contribution < 1.29 is 4.79 Å². The molecule has 1 amide bonds. The third-order valence-electron chi connectivity index (χ3n) is 3.39. The summed E-state index contributed by atoms with van der Waals surface area (Å²) in [4.78, 5) is 14.0. The third kappa shape index (κ3) is 4.35. The molecule has 1 aliphatic rings. The molecule has 0 aromatic heterocycles. The molecule has 4 nitrogen and oxygen atoms in total. The molecule has 1 N–H and O–H groups in total. The van der Waals surface area contributed by atoms with Crippen LogP contribution in [0.25, 0.3) is 0 Å². The number of unbranched alkanes of at least 4 members (excludes halogenated alkanes) is 1. The zero-order valence-corrected chi connectivity index (χ0v) is 10.9. The molecule has 0 aromatic carbocycles. The summed E-state index contributed by atoms with van der Waals surface area (Å²) in [6.45, 7) is 6.47. The molecule has 1 heterocycles. The van der Waals surface area contributed by atoms with E-state index in [0.29, 0.717) is 0 Å². The lowest BCUT2D eigenvalue weighted by Gasteiger charge is -2.33. The summed E-state index contributed by atoms with van der Waals surface area (Å²) in [5.74, 6) is 0.187. The molecule has 4 heteroatoms. The van der Waals surface area contributed by atoms with E-state index in [2.05, 4.69) is 23.2 Å². The number of likely N-dealkylation sites (tertiary alicyclic amines) is 1. The lowest BCUT2D eigenvalue weighted by Crippen LogP contribution is -2.49. The van der Waals surface area contributed by atoms with E-state index < -0.39 is 0 Å². The van der Waals surface area contributed by atoms with Crippen molar-refractivity contribution in [3.05, 3.63) is 0 Å². The van der Waals surface area contributed by atoms with Crippen LogP contribution in [0.2, 0.25) is 0 Å². The van der Waals surface area contributed by atoms with Crippen LogP contribution in [0.1, 0.15) is 39.5 Å². The van der Waals surface area contributed by atoms with E-state index in [1.807, 2.05) is 6.92 Å². The minimum Gasteiger partial charge on any atom is -0.355 e. The van der Waals surface area contributed by atoms with Crippen molar-refractivity contribution in [2.75, 3.05) is 19.6 Å². The van der Waals surface area contributed by atoms with Crippen molar-refractivity contribution >= 4 is 5.91 Å². The van der Waals surface area contributed by atoms with E-state index in [0.717, 1.165) is 45.3 Å². The van der Waals surface area contributed by atoms with Crippen LogP contribution >= 0.6 is 0 Å². The van der Waals surface area contributed by atoms with Gasteiger partial charge in [0.1, 0.15) is 0 Å². The van der Waals surface area contributed by atoms with Crippen molar-refractivity contribution in [2.45, 2.75) is 45.6 Å². The fourth-order valence-electron chi connectivity index (χ4n) is 2.17. The number of piperidine rings is 1. The number of rotatable bonds is 5. The average Bonchev–Trinajstić information content (AvgIpc) is 2.38. The minimum absolute atomic E-state index is 0.0923. The maximum absolute atomic E-state index is 11.9. The van der Waals surface area contributed by atoms with Gasteiger partial charge in [0.2, 0.25) is 5.91 Å². The van der Waals surface area contributed by atoms with Crippen molar-refractivity contribution in [1.82, 2.24) is 10.2 Å². The molecule has 0 aromatic rings. The number of nitrogens with one attached hydrogen (secondary N) is 1. The van der Waals surface area contributed by atoms with Gasteiger partial charge in [0.25, 0.3) is 0 Å². The van der Waals surface area contributed by atoms with Crippen LogP contribution in [0.15, 0.2) is 0 Å². The number of nitrogens with zero attached hydrogens (tertiary/aromatic N) is 2. The summed E-state index contributed by atoms with van der Waals surface area (Å²) in [6.07, 6.45) is 4.11. The van der Waals surface area contributed by atoms with Crippen LogP contribution in [-0.2, 0) is 4.79 Å². The van der Waals surface area contributed by atoms with Crippen LogP contribution in [0.4, 0.5) is 0 Å². The highest BCUT2D eigenvalue weighted by Crippen LogP contribution is 2.17. The lowest BCUT2D eigenvalue weighted by atomic mass is 9.98. The minimum atomic E-state index is -0.108. The molecule has 96 valence electrons. The second-order valence-electron chi connectivity index (χ2n) is 4.78. The Labute approximate surface area is 104 Å². The van der Waals surface area contributed by atoms with Gasteiger partial charge in [-0.1, -0.05) is 13.3 Å². The molecule has 0 bridgehead atoms. The van der Waals surface area contributed by atoms with Gasteiger partial charge in [-0.05, 0) is 32.7 Å². The average molecular weight is 237 g/mol. The van der Waals surface area contributed by atoms with Crippen molar-refractivity contribution in [3.63, 3.8) is 0 Å². The molecular weight excluding hydrogens is 214 g/mol. The van der Waals surface area contributed by atoms with Crippen LogP contribution in [0.5, 0.6) is 0 Å². The smallest absolute Gasteiger partial charge is 0.237 e. The Morgan fingerprint density at radius 2 is 2.41 bits per heavy atom. The van der Waals surface area contributed by atoms with Gasteiger partial charge in [0.15, 0.2) is 0 Å². The van der Waals surface area contributed by atoms with Crippen LogP contribution in [-0.4, -0.2) is 36.5 Å².